The average molecular weight is 814 g/mol. The summed E-state index contributed by atoms with van der Waals surface area (Å²) < 4.78 is 0. The Kier molecular flexibility index (Phi) is 46.6. The van der Waals surface area contributed by atoms with Gasteiger partial charge in [0.2, 0.25) is 5.91 Å². The summed E-state index contributed by atoms with van der Waals surface area (Å²) in [4.78, 5) is 12.5. The maximum absolute atomic E-state index is 12.5. The molecule has 0 aromatic rings. The van der Waals surface area contributed by atoms with E-state index in [0.717, 1.165) is 44.9 Å². The number of carbonyl (C=O) groups is 1. The number of aliphatic hydroxyl groups excluding tert-OH is 3. The summed E-state index contributed by atoms with van der Waals surface area (Å²) in [6, 6.07) is -0.824. The summed E-state index contributed by atoms with van der Waals surface area (Å²) in [5.74, 6) is -0.519. The third kappa shape index (κ3) is 42.4. The second kappa shape index (κ2) is 48.0. The van der Waals surface area contributed by atoms with Crippen LogP contribution >= 0.6 is 0 Å². The van der Waals surface area contributed by atoms with Gasteiger partial charge in [-0.25, -0.2) is 0 Å². The van der Waals surface area contributed by atoms with Crippen molar-refractivity contribution < 1.29 is 20.1 Å². The van der Waals surface area contributed by atoms with Crippen molar-refractivity contribution in [1.29, 1.82) is 0 Å². The summed E-state index contributed by atoms with van der Waals surface area (Å²) in [5, 5.41) is 33.2. The van der Waals surface area contributed by atoms with E-state index in [1.807, 2.05) is 6.08 Å². The van der Waals surface area contributed by atoms with Gasteiger partial charge in [0.15, 0.2) is 0 Å². The normalized spacial score (nSPS) is 13.8. The van der Waals surface area contributed by atoms with Crippen LogP contribution in [0, 0.1) is 0 Å². The summed E-state index contributed by atoms with van der Waals surface area (Å²) in [7, 11) is 0. The molecule has 5 nitrogen and oxygen atoms in total. The van der Waals surface area contributed by atoms with Crippen molar-refractivity contribution in [3.05, 3.63) is 48.6 Å². The predicted octanol–water partition coefficient (Wildman–Crippen LogP) is 15.3. The molecule has 0 aliphatic carbocycles. The van der Waals surface area contributed by atoms with Gasteiger partial charge in [0, 0.05) is 0 Å². The molecule has 1 amide bonds. The fraction of sp³-hybridized carbons (Fsp3) is 0.830. The lowest BCUT2D eigenvalue weighted by Crippen LogP contribution is -2.48. The number of hydrogen-bond donors (Lipinski definition) is 4. The van der Waals surface area contributed by atoms with Gasteiger partial charge in [0.1, 0.15) is 6.10 Å². The van der Waals surface area contributed by atoms with Crippen LogP contribution in [0.5, 0.6) is 0 Å². The molecule has 4 N–H and O–H groups in total. The quantitative estimate of drug-likeness (QED) is 0.0364. The van der Waals surface area contributed by atoms with Crippen LogP contribution in [0.2, 0.25) is 0 Å². The van der Waals surface area contributed by atoms with Crippen LogP contribution in [0.1, 0.15) is 258 Å². The number of amides is 1. The molecule has 0 rings (SSSR count). The van der Waals surface area contributed by atoms with Crippen molar-refractivity contribution in [3.8, 4) is 0 Å². The highest BCUT2D eigenvalue weighted by Gasteiger charge is 2.22. The Labute approximate surface area is 361 Å². The molecule has 0 radical (unpaired) electrons. The third-order valence-corrected chi connectivity index (χ3v) is 11.6. The first-order chi connectivity index (χ1) is 28.6. The average Bonchev–Trinajstić information content (AvgIpc) is 3.23. The molecule has 0 heterocycles. The highest BCUT2D eigenvalue weighted by molar-refractivity contribution is 5.80. The maximum Gasteiger partial charge on any atom is 0.249 e. The van der Waals surface area contributed by atoms with E-state index >= 15 is 0 Å². The zero-order valence-electron chi connectivity index (χ0n) is 38.7. The lowest BCUT2D eigenvalue weighted by Gasteiger charge is -2.21. The highest BCUT2D eigenvalue weighted by atomic mass is 16.3. The molecule has 0 aromatic carbocycles. The fourth-order valence-electron chi connectivity index (χ4n) is 7.62. The molecule has 0 saturated heterocycles. The first-order valence-electron chi connectivity index (χ1n) is 25.5. The maximum atomic E-state index is 12.5. The molecular formula is C53H99NO4. The first kappa shape index (κ1) is 56.3. The Bertz CT molecular complexity index is 943. The zero-order valence-corrected chi connectivity index (χ0v) is 38.7. The first-order valence-corrected chi connectivity index (χ1v) is 25.5. The second-order valence-electron chi connectivity index (χ2n) is 17.4. The number of carbonyl (C=O) groups excluding carboxylic acids is 1. The number of aliphatic hydroxyl groups is 3. The minimum Gasteiger partial charge on any atom is -0.394 e. The SMILES string of the molecule is CCCCCCCCCCCCC/C=C/CC/C=C/CC/C=C/C(O)C(CO)NC(=O)C(O)CCCCCCCCC/C=C\CCCCCCCCCCCCCC. The van der Waals surface area contributed by atoms with Crippen LogP contribution in [-0.2, 0) is 4.79 Å². The van der Waals surface area contributed by atoms with Crippen molar-refractivity contribution in [2.24, 2.45) is 0 Å². The Morgan fingerprint density at radius 3 is 1.05 bits per heavy atom. The molecule has 0 spiro atoms. The minimum absolute atomic E-state index is 0.383. The van der Waals surface area contributed by atoms with E-state index in [1.165, 1.54) is 193 Å². The highest BCUT2D eigenvalue weighted by Crippen LogP contribution is 2.15. The van der Waals surface area contributed by atoms with E-state index in [-0.39, 0.29) is 6.61 Å². The molecule has 0 aliphatic rings. The number of unbranched alkanes of at least 4 members (excludes halogenated alkanes) is 32. The molecule has 3 atom stereocenters. The molecule has 58 heavy (non-hydrogen) atoms. The van der Waals surface area contributed by atoms with Crippen molar-refractivity contribution in [2.75, 3.05) is 6.61 Å². The lowest BCUT2D eigenvalue weighted by atomic mass is 10.0. The van der Waals surface area contributed by atoms with Gasteiger partial charge in [0.25, 0.3) is 0 Å². The largest absolute Gasteiger partial charge is 0.394 e. The second-order valence-corrected chi connectivity index (χ2v) is 17.4. The van der Waals surface area contributed by atoms with Gasteiger partial charge in [0.05, 0.1) is 18.8 Å². The van der Waals surface area contributed by atoms with Crippen molar-refractivity contribution in [1.82, 2.24) is 5.32 Å². The van der Waals surface area contributed by atoms with Crippen molar-refractivity contribution in [3.63, 3.8) is 0 Å². The van der Waals surface area contributed by atoms with Crippen LogP contribution in [0.15, 0.2) is 48.6 Å². The van der Waals surface area contributed by atoms with Gasteiger partial charge in [-0.2, -0.15) is 0 Å². The van der Waals surface area contributed by atoms with Crippen LogP contribution in [0.3, 0.4) is 0 Å². The number of rotatable bonds is 46. The van der Waals surface area contributed by atoms with Crippen LogP contribution in [-0.4, -0.2) is 46.1 Å². The van der Waals surface area contributed by atoms with E-state index in [4.69, 9.17) is 0 Å². The van der Waals surface area contributed by atoms with E-state index in [2.05, 4.69) is 55.6 Å². The molecule has 0 fully saturated rings. The van der Waals surface area contributed by atoms with E-state index in [0.29, 0.717) is 6.42 Å². The Morgan fingerprint density at radius 1 is 0.414 bits per heavy atom. The topological polar surface area (TPSA) is 89.8 Å². The van der Waals surface area contributed by atoms with Crippen LogP contribution in [0.25, 0.3) is 0 Å². The standard InChI is InChI=1S/C53H99NO4/c1-3-5-7-9-11-13-15-17-19-21-23-25-26-28-30-32-34-36-38-40-42-44-46-48-52(57)53(58)54-50(49-55)51(56)47-45-43-41-39-37-35-33-31-29-27-24-22-20-18-16-14-12-10-8-6-4-2/h28-31,37,39,45,47,50-52,55-57H,3-27,32-36,38,40-44,46,48-49H2,1-2H3,(H,54,58)/b30-28-,31-29+,39-37+,47-45+. The molecule has 0 saturated carbocycles. The summed E-state index contributed by atoms with van der Waals surface area (Å²) in [6.45, 7) is 4.18. The van der Waals surface area contributed by atoms with Gasteiger partial charge in [-0.1, -0.05) is 236 Å². The summed E-state index contributed by atoms with van der Waals surface area (Å²) in [6.07, 6.45) is 63.1. The number of hydrogen-bond acceptors (Lipinski definition) is 4. The van der Waals surface area contributed by atoms with Gasteiger partial charge < -0.3 is 20.6 Å². The van der Waals surface area contributed by atoms with Gasteiger partial charge in [-0.15, -0.1) is 0 Å². The van der Waals surface area contributed by atoms with Gasteiger partial charge >= 0.3 is 0 Å². The Hall–Kier alpha value is -1.69. The Morgan fingerprint density at radius 2 is 0.707 bits per heavy atom. The third-order valence-electron chi connectivity index (χ3n) is 11.6. The van der Waals surface area contributed by atoms with Crippen LogP contribution < -0.4 is 5.32 Å². The molecular weight excluding hydrogens is 715 g/mol. The smallest absolute Gasteiger partial charge is 0.249 e. The van der Waals surface area contributed by atoms with Crippen molar-refractivity contribution in [2.45, 2.75) is 276 Å². The predicted molar refractivity (Wildman–Crippen MR) is 254 cm³/mol. The summed E-state index contributed by atoms with van der Waals surface area (Å²) >= 11 is 0. The molecule has 340 valence electrons. The zero-order chi connectivity index (χ0) is 42.3. The fourth-order valence-corrected chi connectivity index (χ4v) is 7.62. The van der Waals surface area contributed by atoms with E-state index in [9.17, 15) is 20.1 Å². The molecule has 3 unspecified atom stereocenters. The molecule has 0 aliphatic heterocycles. The minimum atomic E-state index is -1.11. The van der Waals surface area contributed by atoms with Gasteiger partial charge in [-0.3, -0.25) is 4.79 Å². The van der Waals surface area contributed by atoms with Crippen molar-refractivity contribution >= 4 is 5.91 Å². The van der Waals surface area contributed by atoms with Crippen LogP contribution in [0.4, 0.5) is 0 Å². The Balaban J connectivity index is 3.69. The van der Waals surface area contributed by atoms with Gasteiger partial charge in [-0.05, 0) is 70.6 Å². The molecule has 0 bridgehead atoms. The summed E-state index contributed by atoms with van der Waals surface area (Å²) in [5.41, 5.74) is 0. The lowest BCUT2D eigenvalue weighted by molar-refractivity contribution is -0.131. The molecule has 0 aromatic heterocycles. The van der Waals surface area contributed by atoms with E-state index < -0.39 is 24.2 Å². The van der Waals surface area contributed by atoms with E-state index in [1.54, 1.807) is 6.08 Å². The number of allylic oxidation sites excluding steroid dienone is 7. The number of nitrogens with one attached hydrogen (secondary N) is 1. The monoisotopic (exact) mass is 814 g/mol. The molecule has 5 heteroatoms.